The Morgan fingerprint density at radius 2 is 1.86 bits per heavy atom. The first-order valence-corrected chi connectivity index (χ1v) is 4.90. The average molecular weight is 194 g/mol. The van der Waals surface area contributed by atoms with Crippen molar-refractivity contribution in [1.29, 1.82) is 0 Å². The normalized spacial score (nSPS) is 30.3. The monoisotopic (exact) mass is 194 g/mol. The number of hydrogen-bond acceptors (Lipinski definition) is 2. The number of rotatable bonds is 2. The Kier molecular flexibility index (Phi) is 2.27. The minimum absolute atomic E-state index is 0.0209. The summed E-state index contributed by atoms with van der Waals surface area (Å²) in [5.74, 6) is -0.0209. The van der Waals surface area contributed by atoms with Crippen LogP contribution >= 0.6 is 0 Å². The Morgan fingerprint density at radius 3 is 2.29 bits per heavy atom. The third kappa shape index (κ3) is 1.31. The van der Waals surface area contributed by atoms with Gasteiger partial charge in [-0.25, -0.2) is 0 Å². The zero-order valence-electron chi connectivity index (χ0n) is 8.06. The minimum atomic E-state index is -0.0209. The molecule has 76 valence electrons. The second-order valence-electron chi connectivity index (χ2n) is 3.88. The van der Waals surface area contributed by atoms with E-state index in [9.17, 15) is 9.59 Å². The van der Waals surface area contributed by atoms with Crippen molar-refractivity contribution in [3.05, 3.63) is 12.7 Å². The zero-order chi connectivity index (χ0) is 10.1. The van der Waals surface area contributed by atoms with Crippen molar-refractivity contribution < 1.29 is 9.59 Å². The lowest BCUT2D eigenvalue weighted by Crippen LogP contribution is -2.54. The summed E-state index contributed by atoms with van der Waals surface area (Å²) in [7, 11) is 0. The van der Waals surface area contributed by atoms with Crippen LogP contribution in [0.15, 0.2) is 12.7 Å². The summed E-state index contributed by atoms with van der Waals surface area (Å²) >= 11 is 0. The van der Waals surface area contributed by atoms with Crippen LogP contribution in [0.5, 0.6) is 0 Å². The molecule has 0 aromatic rings. The lowest BCUT2D eigenvalue weighted by molar-refractivity contribution is -0.134. The molecule has 2 amide bonds. The molecule has 2 rings (SSSR count). The van der Waals surface area contributed by atoms with Gasteiger partial charge in [0.15, 0.2) is 0 Å². The maximum Gasteiger partial charge on any atom is 0.246 e. The Labute approximate surface area is 83.2 Å². The molecule has 2 heterocycles. The van der Waals surface area contributed by atoms with Crippen molar-refractivity contribution in [2.75, 3.05) is 13.1 Å². The van der Waals surface area contributed by atoms with E-state index in [0.717, 1.165) is 19.3 Å². The SMILES string of the molecule is C=CC(=O)N1CC2CCC(C1)N2C=O. The molecule has 4 heteroatoms. The van der Waals surface area contributed by atoms with Crippen LogP contribution in [-0.4, -0.2) is 47.3 Å². The number of carbonyl (C=O) groups excluding carboxylic acids is 2. The van der Waals surface area contributed by atoms with Crippen molar-refractivity contribution in [3.8, 4) is 0 Å². The second kappa shape index (κ2) is 3.44. The Hall–Kier alpha value is -1.32. The predicted molar refractivity (Wildman–Crippen MR) is 51.5 cm³/mol. The fourth-order valence-corrected chi connectivity index (χ4v) is 2.42. The van der Waals surface area contributed by atoms with Gasteiger partial charge in [0, 0.05) is 25.2 Å². The number of amides is 2. The van der Waals surface area contributed by atoms with Crippen molar-refractivity contribution in [3.63, 3.8) is 0 Å². The van der Waals surface area contributed by atoms with E-state index < -0.39 is 0 Å². The highest BCUT2D eigenvalue weighted by Crippen LogP contribution is 2.28. The van der Waals surface area contributed by atoms with Crippen molar-refractivity contribution in [2.45, 2.75) is 24.9 Å². The van der Waals surface area contributed by atoms with E-state index in [1.165, 1.54) is 6.08 Å². The summed E-state index contributed by atoms with van der Waals surface area (Å²) in [6.07, 6.45) is 4.29. The molecule has 2 unspecified atom stereocenters. The number of likely N-dealkylation sites (tertiary alicyclic amines) is 1. The van der Waals surface area contributed by atoms with Gasteiger partial charge in [0.05, 0.1) is 0 Å². The van der Waals surface area contributed by atoms with E-state index in [4.69, 9.17) is 0 Å². The van der Waals surface area contributed by atoms with Crippen LogP contribution in [0.3, 0.4) is 0 Å². The Bertz CT molecular complexity index is 263. The van der Waals surface area contributed by atoms with E-state index in [0.29, 0.717) is 13.1 Å². The van der Waals surface area contributed by atoms with Gasteiger partial charge in [0.25, 0.3) is 0 Å². The molecule has 14 heavy (non-hydrogen) atoms. The van der Waals surface area contributed by atoms with E-state index in [2.05, 4.69) is 6.58 Å². The molecule has 0 aliphatic carbocycles. The van der Waals surface area contributed by atoms with Gasteiger partial charge >= 0.3 is 0 Å². The second-order valence-corrected chi connectivity index (χ2v) is 3.88. The first-order valence-electron chi connectivity index (χ1n) is 4.90. The maximum absolute atomic E-state index is 11.4. The fourth-order valence-electron chi connectivity index (χ4n) is 2.42. The smallest absolute Gasteiger partial charge is 0.246 e. The summed E-state index contributed by atoms with van der Waals surface area (Å²) in [6, 6.07) is 0.463. The molecule has 4 nitrogen and oxygen atoms in total. The first-order chi connectivity index (χ1) is 6.76. The van der Waals surface area contributed by atoms with E-state index in [1.54, 1.807) is 4.90 Å². The highest BCUT2D eigenvalue weighted by molar-refractivity contribution is 5.87. The van der Waals surface area contributed by atoms with Crippen molar-refractivity contribution >= 4 is 12.3 Å². The van der Waals surface area contributed by atoms with Gasteiger partial charge in [-0.15, -0.1) is 0 Å². The third-order valence-electron chi connectivity index (χ3n) is 3.15. The predicted octanol–water partition coefficient (Wildman–Crippen LogP) is 0.00400. The van der Waals surface area contributed by atoms with Crippen LogP contribution in [0, 0.1) is 0 Å². The summed E-state index contributed by atoms with van der Waals surface area (Å²) in [4.78, 5) is 25.8. The molecule has 0 aromatic heterocycles. The first kappa shape index (κ1) is 9.24. The molecular formula is C10H14N2O2. The van der Waals surface area contributed by atoms with E-state index >= 15 is 0 Å². The van der Waals surface area contributed by atoms with Gasteiger partial charge < -0.3 is 9.80 Å². The largest absolute Gasteiger partial charge is 0.336 e. The highest BCUT2D eigenvalue weighted by atomic mass is 16.2. The van der Waals surface area contributed by atoms with Crippen LogP contribution < -0.4 is 0 Å². The van der Waals surface area contributed by atoms with Crippen molar-refractivity contribution in [1.82, 2.24) is 9.80 Å². The van der Waals surface area contributed by atoms with Gasteiger partial charge in [0.1, 0.15) is 0 Å². The molecule has 0 aromatic carbocycles. The number of fused-ring (bicyclic) bond motifs is 2. The third-order valence-corrected chi connectivity index (χ3v) is 3.15. The minimum Gasteiger partial charge on any atom is -0.336 e. The van der Waals surface area contributed by atoms with Crippen LogP contribution in [-0.2, 0) is 9.59 Å². The lowest BCUT2D eigenvalue weighted by Gasteiger charge is -2.38. The molecule has 0 spiro atoms. The summed E-state index contributed by atoms with van der Waals surface area (Å²) in [5.41, 5.74) is 0. The van der Waals surface area contributed by atoms with Gasteiger partial charge in [-0.1, -0.05) is 6.58 Å². The zero-order valence-corrected chi connectivity index (χ0v) is 8.06. The number of carbonyl (C=O) groups is 2. The Balaban J connectivity index is 2.09. The lowest BCUT2D eigenvalue weighted by atomic mass is 10.2. The fraction of sp³-hybridized carbons (Fsp3) is 0.600. The quantitative estimate of drug-likeness (QED) is 0.459. The molecule has 2 fully saturated rings. The highest BCUT2D eigenvalue weighted by Gasteiger charge is 2.39. The Morgan fingerprint density at radius 1 is 1.29 bits per heavy atom. The topological polar surface area (TPSA) is 40.6 Å². The van der Waals surface area contributed by atoms with Gasteiger partial charge in [-0.2, -0.15) is 0 Å². The van der Waals surface area contributed by atoms with Crippen molar-refractivity contribution in [2.24, 2.45) is 0 Å². The van der Waals surface area contributed by atoms with E-state index in [-0.39, 0.29) is 18.0 Å². The molecule has 2 aliphatic heterocycles. The van der Waals surface area contributed by atoms with Gasteiger partial charge in [-0.05, 0) is 18.9 Å². The molecule has 2 aliphatic rings. The molecular weight excluding hydrogens is 180 g/mol. The van der Waals surface area contributed by atoms with Crippen LogP contribution in [0.1, 0.15) is 12.8 Å². The number of hydrogen-bond donors (Lipinski definition) is 0. The number of piperazine rings is 1. The molecule has 0 saturated carbocycles. The summed E-state index contributed by atoms with van der Waals surface area (Å²) in [5, 5.41) is 0. The maximum atomic E-state index is 11.4. The summed E-state index contributed by atoms with van der Waals surface area (Å²) < 4.78 is 0. The van der Waals surface area contributed by atoms with Gasteiger partial charge in [-0.3, -0.25) is 9.59 Å². The molecule has 2 atom stereocenters. The molecule has 0 N–H and O–H groups in total. The standard InChI is InChI=1S/C10H14N2O2/c1-2-10(14)11-5-8-3-4-9(6-11)12(8)7-13/h2,7-9H,1,3-6H2. The van der Waals surface area contributed by atoms with E-state index in [1.807, 2.05) is 4.90 Å². The van der Waals surface area contributed by atoms with Gasteiger partial charge in [0.2, 0.25) is 12.3 Å². The number of nitrogens with zero attached hydrogens (tertiary/aromatic N) is 2. The molecule has 2 saturated heterocycles. The van der Waals surface area contributed by atoms with Crippen LogP contribution in [0.25, 0.3) is 0 Å². The van der Waals surface area contributed by atoms with Crippen LogP contribution in [0.4, 0.5) is 0 Å². The molecule has 0 radical (unpaired) electrons. The average Bonchev–Trinajstić information content (AvgIpc) is 2.46. The van der Waals surface area contributed by atoms with Crippen LogP contribution in [0.2, 0.25) is 0 Å². The molecule has 2 bridgehead atoms. The summed E-state index contributed by atoms with van der Waals surface area (Å²) in [6.45, 7) is 4.80.